The Balaban J connectivity index is -0.000000551. The van der Waals surface area contributed by atoms with Crippen LogP contribution in [-0.2, 0) is 60.2 Å². The fraction of sp³-hybridized carbons (Fsp3) is 0.550. The van der Waals surface area contributed by atoms with Crippen LogP contribution in [0.1, 0.15) is 77.8 Å². The van der Waals surface area contributed by atoms with Gasteiger partial charge in [-0.1, -0.05) is 58.9 Å². The quantitative estimate of drug-likeness (QED) is 0.0325. The van der Waals surface area contributed by atoms with E-state index in [2.05, 4.69) is 10.6 Å². The summed E-state index contributed by atoms with van der Waals surface area (Å²) in [4.78, 5) is 65.3. The molecule has 392 valence electrons. The van der Waals surface area contributed by atoms with E-state index < -0.39 is 76.0 Å². The third-order valence-corrected chi connectivity index (χ3v) is 12.1. The van der Waals surface area contributed by atoms with Crippen LogP contribution < -0.4 is 44.2 Å². The Morgan fingerprint density at radius 2 is 1.03 bits per heavy atom. The predicted octanol–water partition coefficient (Wildman–Crippen LogP) is 5.16. The molecule has 0 aliphatic carbocycles. The number of nitrogens with zero attached hydrogens (tertiary/aromatic N) is 2. The molecule has 2 aromatic carbocycles. The van der Waals surface area contributed by atoms with Crippen molar-refractivity contribution in [2.45, 2.75) is 98.2 Å². The molecular formula is C40H68Cl3F3K2N10O10P2. The Hall–Kier alpha value is -0.427. The van der Waals surface area contributed by atoms with Crippen molar-refractivity contribution < 1.29 is 60.1 Å². The number of rotatable bonds is 27. The molecule has 13 N–H and O–H groups in total. The number of hydrogen-bond acceptors (Lipinski definition) is 11. The summed E-state index contributed by atoms with van der Waals surface area (Å²) in [7, 11) is -7.11. The zero-order chi connectivity index (χ0) is 55.1. The molecule has 4 atom stereocenters. The predicted molar refractivity (Wildman–Crippen MR) is 273 cm³/mol. The Morgan fingerprint density at radius 3 is 1.36 bits per heavy atom. The zero-order valence-corrected chi connectivity index (χ0v) is 51.2. The van der Waals surface area contributed by atoms with Crippen LogP contribution in [0, 0.1) is 0 Å². The standard InChI is InChI=1S/C18H25Cl2F3N5O5P.C17H29ClN5O4P.2C2H6.CH2O.2K/c19-7-9-28(10-8-20)34(25,32)33-11-12-1-3-13(4-2-12)26-16(30)14(5-6-15(24)29)27-17(31)18(21,22)23;1-2-10-23(11-9-18)28(21,26)27-12-13-3-5-14(6-4-13)22-17(25)15(19)7-8-16(20)24;3*1-2;;/h1-4,14H,5-11H2,(H2,24,29)(H2,25,32)(H,26,30)(H,27,31);3-6,15H,2,7-12,19H2,1H3,(H2,20,24)(H2,21,26)(H,22,25);2*1-2H3;1H2;;/t14-,34?;15-,28?;;;;;/m00...../s1. The van der Waals surface area contributed by atoms with Gasteiger partial charge in [0.15, 0.2) is 0 Å². The van der Waals surface area contributed by atoms with Crippen molar-refractivity contribution in [3.8, 4) is 0 Å². The van der Waals surface area contributed by atoms with Gasteiger partial charge in [-0.3, -0.25) is 33.1 Å². The topological polar surface area (TPSA) is 328 Å². The van der Waals surface area contributed by atoms with Crippen molar-refractivity contribution in [1.82, 2.24) is 14.7 Å². The van der Waals surface area contributed by atoms with E-state index in [0.29, 0.717) is 30.2 Å². The number of anilines is 2. The van der Waals surface area contributed by atoms with Crippen molar-refractivity contribution in [3.63, 3.8) is 0 Å². The Morgan fingerprint density at radius 1 is 0.686 bits per heavy atom. The molecule has 0 fully saturated rings. The van der Waals surface area contributed by atoms with Gasteiger partial charge in [-0.05, 0) is 54.7 Å². The third kappa shape index (κ3) is 35.7. The second-order valence-corrected chi connectivity index (χ2v) is 18.2. The monoisotopic (exact) mass is 1150 g/mol. The maximum absolute atomic E-state index is 12.6. The molecule has 0 saturated heterocycles. The van der Waals surface area contributed by atoms with Gasteiger partial charge < -0.3 is 47.0 Å². The molecule has 30 heteroatoms. The number of benzene rings is 2. The summed E-state index contributed by atoms with van der Waals surface area (Å²) < 4.78 is 76.5. The van der Waals surface area contributed by atoms with Gasteiger partial charge in [0.05, 0.1) is 19.3 Å². The molecule has 5 amide bonds. The van der Waals surface area contributed by atoms with Gasteiger partial charge in [-0.15, -0.1) is 34.8 Å². The fourth-order valence-corrected chi connectivity index (χ4v) is 8.46. The average molecular weight is 1150 g/mol. The molecule has 2 rings (SSSR count). The van der Waals surface area contributed by atoms with E-state index in [4.69, 9.17) is 76.9 Å². The van der Waals surface area contributed by atoms with E-state index in [1.165, 1.54) is 97.4 Å². The second kappa shape index (κ2) is 44.8. The Labute approximate surface area is 469 Å². The number of carbonyl (C=O) groups excluding carboxylic acids is 6. The van der Waals surface area contributed by atoms with Crippen LogP contribution in [0.2, 0.25) is 0 Å². The average Bonchev–Trinajstić information content (AvgIpc) is 3.33. The van der Waals surface area contributed by atoms with Crippen LogP contribution in [0.15, 0.2) is 48.5 Å². The number of primary amides is 2. The van der Waals surface area contributed by atoms with Crippen molar-refractivity contribution in [1.29, 1.82) is 0 Å². The number of amides is 5. The molecule has 0 saturated carbocycles. The first-order valence-corrected chi connectivity index (χ1v) is 42.9. The number of halogens is 6. The first-order valence-electron chi connectivity index (χ1n) is 22.0. The summed E-state index contributed by atoms with van der Waals surface area (Å²) in [6, 6.07) is 10.1. The molecule has 20 nitrogen and oxygen atoms in total. The second-order valence-electron chi connectivity index (χ2n) is 13.2. The van der Waals surface area contributed by atoms with E-state index in [9.17, 15) is 46.3 Å². The van der Waals surface area contributed by atoms with Crippen LogP contribution in [0.25, 0.3) is 0 Å². The van der Waals surface area contributed by atoms with E-state index >= 15 is 0 Å². The van der Waals surface area contributed by atoms with Gasteiger partial charge in [0.1, 0.15) is 12.8 Å². The summed E-state index contributed by atoms with van der Waals surface area (Å²) in [5.74, 6) is -4.43. The van der Waals surface area contributed by atoms with E-state index in [0.717, 1.165) is 12.0 Å². The molecular weight excluding hydrogens is 1080 g/mol. The number of carbonyl (C=O) groups is 6. The molecule has 0 aromatic heterocycles. The first-order chi connectivity index (χ1) is 33.0. The maximum atomic E-state index is 12.6. The minimum absolute atomic E-state index is 0.0444. The number of nitrogens with one attached hydrogen (secondary N) is 3. The molecule has 0 bridgehead atoms. The summed E-state index contributed by atoms with van der Waals surface area (Å²) in [5, 5.41) is 6.54. The molecule has 2 aromatic rings. The minimum atomic E-state index is -5.21. The van der Waals surface area contributed by atoms with E-state index in [-0.39, 0.29) is 56.6 Å². The van der Waals surface area contributed by atoms with Crippen molar-refractivity contribution >= 4 is 161 Å². The van der Waals surface area contributed by atoms with Crippen LogP contribution in [-0.4, -0.2) is 171 Å². The number of hydrogen-bond donors (Lipinski definition) is 8. The van der Waals surface area contributed by atoms with E-state index in [1.807, 2.05) is 41.4 Å². The van der Waals surface area contributed by atoms with Crippen molar-refractivity contribution in [2.24, 2.45) is 28.2 Å². The summed E-state index contributed by atoms with van der Waals surface area (Å²) in [5.41, 5.74) is 29.3. The van der Waals surface area contributed by atoms with Gasteiger partial charge in [-0.25, -0.2) is 20.3 Å². The van der Waals surface area contributed by atoms with E-state index in [1.54, 1.807) is 28.9 Å². The van der Waals surface area contributed by atoms with Gasteiger partial charge >= 0.3 is 90.6 Å². The summed E-state index contributed by atoms with van der Waals surface area (Å²) in [6.07, 6.45) is -5.06. The third-order valence-electron chi connectivity index (χ3n) is 8.17. The number of nitrogens with two attached hydrogens (primary N) is 5. The van der Waals surface area contributed by atoms with Crippen molar-refractivity contribution in [3.05, 3.63) is 59.7 Å². The van der Waals surface area contributed by atoms with Gasteiger partial charge in [0.25, 0.3) is 0 Å². The van der Waals surface area contributed by atoms with Gasteiger partial charge in [0.2, 0.25) is 23.6 Å². The molecule has 0 aliphatic rings. The molecule has 70 heavy (non-hydrogen) atoms. The van der Waals surface area contributed by atoms with Crippen LogP contribution in [0.4, 0.5) is 24.5 Å². The number of alkyl halides is 6. The molecule has 0 spiro atoms. The Kier molecular flexibility index (Phi) is 48.7. The summed E-state index contributed by atoms with van der Waals surface area (Å²) in [6.45, 7) is 13.2. The normalized spacial score (nSPS) is 13.1. The zero-order valence-electron chi connectivity index (χ0n) is 40.9. The van der Waals surface area contributed by atoms with Crippen LogP contribution in [0.5, 0.6) is 0 Å². The van der Waals surface area contributed by atoms with Crippen molar-refractivity contribution in [2.75, 3.05) is 54.5 Å². The Bertz CT molecular complexity index is 1870. The van der Waals surface area contributed by atoms with Gasteiger partial charge in [0, 0.05) is 68.0 Å². The molecule has 2 unspecified atom stereocenters. The SMILES string of the molecule is C=O.CC.CC.CCCN(CCCl)P(N)(=O)OCc1ccc(NC(=O)[C@@H](N)CCC(N)=O)cc1.NC(=O)CC[C@H](NC(=O)C(F)(F)F)C(=O)Nc1ccc(COP(N)(=O)N(CCCl)CCCl)cc1.[K][K]. The van der Waals surface area contributed by atoms with Gasteiger partial charge in [-0.2, -0.15) is 13.2 Å². The van der Waals surface area contributed by atoms with Crippen LogP contribution >= 0.6 is 50.1 Å². The summed E-state index contributed by atoms with van der Waals surface area (Å²) >= 11 is 19.6. The molecule has 0 heterocycles. The fourth-order valence-electron chi connectivity index (χ4n) is 4.89. The molecule has 0 radical (unpaired) electrons. The molecule has 0 aliphatic heterocycles. The first kappa shape index (κ1) is 76.1. The van der Waals surface area contributed by atoms with Crippen LogP contribution in [0.3, 0.4) is 0 Å².